The van der Waals surface area contributed by atoms with Crippen molar-refractivity contribution in [3.8, 4) is 0 Å². The van der Waals surface area contributed by atoms with Gasteiger partial charge in [-0.15, -0.1) is 11.6 Å². The number of hydrogen-bond donors (Lipinski definition) is 0. The highest BCUT2D eigenvalue weighted by Crippen LogP contribution is 2.19. The summed E-state index contributed by atoms with van der Waals surface area (Å²) in [5, 5.41) is 0. The highest BCUT2D eigenvalue weighted by molar-refractivity contribution is 6.17. The standard InChI is InChI=1S/C7H12ClNO/c1-9-6(4-5-8)2-3-7(9)10/h6H,2-5H2,1H3. The molecule has 1 rings (SSSR count). The van der Waals surface area contributed by atoms with Crippen LogP contribution in [-0.2, 0) is 4.79 Å². The Balaban J connectivity index is 2.41. The van der Waals surface area contributed by atoms with Crippen LogP contribution in [-0.4, -0.2) is 29.8 Å². The number of hydrogen-bond acceptors (Lipinski definition) is 1. The van der Waals surface area contributed by atoms with Crippen LogP contribution in [0, 0.1) is 0 Å². The van der Waals surface area contributed by atoms with Crippen molar-refractivity contribution in [2.75, 3.05) is 12.9 Å². The third kappa shape index (κ3) is 1.43. The molecule has 0 aliphatic carbocycles. The molecule has 0 saturated carbocycles. The van der Waals surface area contributed by atoms with Gasteiger partial charge in [0.05, 0.1) is 0 Å². The molecule has 0 spiro atoms. The summed E-state index contributed by atoms with van der Waals surface area (Å²) in [7, 11) is 1.85. The summed E-state index contributed by atoms with van der Waals surface area (Å²) in [6, 6.07) is 0.407. The molecule has 10 heavy (non-hydrogen) atoms. The Morgan fingerprint density at radius 2 is 2.50 bits per heavy atom. The molecule has 1 fully saturated rings. The Morgan fingerprint density at radius 3 is 2.90 bits per heavy atom. The first-order chi connectivity index (χ1) is 4.75. The van der Waals surface area contributed by atoms with Crippen LogP contribution in [0.3, 0.4) is 0 Å². The van der Waals surface area contributed by atoms with Gasteiger partial charge in [0.15, 0.2) is 0 Å². The predicted octanol–water partition coefficient (Wildman–Crippen LogP) is 1.24. The van der Waals surface area contributed by atoms with Gasteiger partial charge in [0.25, 0.3) is 0 Å². The van der Waals surface area contributed by atoms with E-state index in [0.717, 1.165) is 12.8 Å². The van der Waals surface area contributed by atoms with E-state index in [4.69, 9.17) is 11.6 Å². The lowest BCUT2D eigenvalue weighted by Gasteiger charge is -2.17. The largest absolute Gasteiger partial charge is 0.343 e. The van der Waals surface area contributed by atoms with Gasteiger partial charge in [0.2, 0.25) is 5.91 Å². The van der Waals surface area contributed by atoms with Gasteiger partial charge in [-0.25, -0.2) is 0 Å². The van der Waals surface area contributed by atoms with E-state index in [1.807, 2.05) is 11.9 Å². The summed E-state index contributed by atoms with van der Waals surface area (Å²) in [5.74, 6) is 0.914. The van der Waals surface area contributed by atoms with Crippen molar-refractivity contribution in [3.05, 3.63) is 0 Å². The smallest absolute Gasteiger partial charge is 0.222 e. The number of halogens is 1. The van der Waals surface area contributed by atoms with Gasteiger partial charge in [0.1, 0.15) is 0 Å². The molecule has 1 aliphatic heterocycles. The van der Waals surface area contributed by atoms with Gasteiger partial charge in [-0.2, -0.15) is 0 Å². The Hall–Kier alpha value is -0.240. The molecule has 1 atom stereocenters. The third-order valence-corrected chi connectivity index (χ3v) is 2.29. The molecule has 1 heterocycles. The molecule has 2 nitrogen and oxygen atoms in total. The number of likely N-dealkylation sites (tertiary alicyclic amines) is 1. The van der Waals surface area contributed by atoms with Crippen LogP contribution in [0.5, 0.6) is 0 Å². The van der Waals surface area contributed by atoms with Crippen LogP contribution < -0.4 is 0 Å². The van der Waals surface area contributed by atoms with Crippen LogP contribution in [0.4, 0.5) is 0 Å². The average Bonchev–Trinajstić information content (AvgIpc) is 2.20. The maximum atomic E-state index is 10.9. The van der Waals surface area contributed by atoms with Crippen LogP contribution in [0.2, 0.25) is 0 Å². The first-order valence-corrected chi connectivity index (χ1v) is 4.10. The molecule has 0 aromatic rings. The number of rotatable bonds is 2. The Kier molecular flexibility index (Phi) is 2.55. The molecule has 0 N–H and O–H groups in total. The second kappa shape index (κ2) is 3.24. The normalized spacial score (nSPS) is 26.0. The highest BCUT2D eigenvalue weighted by Gasteiger charge is 2.26. The van der Waals surface area contributed by atoms with Crippen molar-refractivity contribution >= 4 is 17.5 Å². The van der Waals surface area contributed by atoms with Crippen molar-refractivity contribution in [3.63, 3.8) is 0 Å². The van der Waals surface area contributed by atoms with Gasteiger partial charge in [-0.3, -0.25) is 4.79 Å². The molecule has 0 bridgehead atoms. The van der Waals surface area contributed by atoms with Crippen molar-refractivity contribution in [1.82, 2.24) is 4.90 Å². The van der Waals surface area contributed by atoms with Crippen LogP contribution in [0.15, 0.2) is 0 Å². The monoisotopic (exact) mass is 161 g/mol. The molecule has 1 amide bonds. The quantitative estimate of drug-likeness (QED) is 0.558. The third-order valence-electron chi connectivity index (χ3n) is 2.07. The number of carbonyl (C=O) groups excluding carboxylic acids is 1. The van der Waals surface area contributed by atoms with Crippen LogP contribution in [0.1, 0.15) is 19.3 Å². The molecule has 1 aliphatic rings. The molecule has 0 aromatic heterocycles. The summed E-state index contributed by atoms with van der Waals surface area (Å²) in [6.07, 6.45) is 2.63. The fraction of sp³-hybridized carbons (Fsp3) is 0.857. The van der Waals surface area contributed by atoms with Crippen molar-refractivity contribution in [2.45, 2.75) is 25.3 Å². The van der Waals surface area contributed by atoms with Crippen LogP contribution in [0.25, 0.3) is 0 Å². The van der Waals surface area contributed by atoms with Crippen LogP contribution >= 0.6 is 11.6 Å². The molecular formula is C7H12ClNO. The topological polar surface area (TPSA) is 20.3 Å². The average molecular weight is 162 g/mol. The fourth-order valence-corrected chi connectivity index (χ4v) is 1.58. The molecule has 1 unspecified atom stereocenters. The van der Waals surface area contributed by atoms with E-state index in [9.17, 15) is 4.79 Å². The van der Waals surface area contributed by atoms with Gasteiger partial charge in [0, 0.05) is 25.4 Å². The maximum Gasteiger partial charge on any atom is 0.222 e. The number of carbonyl (C=O) groups is 1. The van der Waals surface area contributed by atoms with E-state index in [1.165, 1.54) is 0 Å². The zero-order valence-corrected chi connectivity index (χ0v) is 6.90. The lowest BCUT2D eigenvalue weighted by molar-refractivity contribution is -0.127. The minimum absolute atomic E-state index is 0.259. The van der Waals surface area contributed by atoms with E-state index in [-0.39, 0.29) is 5.91 Å². The second-order valence-corrected chi connectivity index (χ2v) is 3.05. The minimum atomic E-state index is 0.259. The summed E-state index contributed by atoms with van der Waals surface area (Å²) in [4.78, 5) is 12.8. The molecule has 0 radical (unpaired) electrons. The Morgan fingerprint density at radius 1 is 1.80 bits per heavy atom. The van der Waals surface area contributed by atoms with Crippen molar-refractivity contribution < 1.29 is 4.79 Å². The molecule has 0 aromatic carbocycles. The maximum absolute atomic E-state index is 10.9. The zero-order valence-electron chi connectivity index (χ0n) is 6.14. The Bertz CT molecular complexity index is 138. The van der Waals surface area contributed by atoms with Crippen molar-refractivity contribution in [2.24, 2.45) is 0 Å². The first-order valence-electron chi connectivity index (χ1n) is 3.57. The first kappa shape index (κ1) is 7.86. The molecule has 3 heteroatoms. The number of amides is 1. The van der Waals surface area contributed by atoms with Gasteiger partial charge < -0.3 is 4.90 Å². The van der Waals surface area contributed by atoms with E-state index >= 15 is 0 Å². The number of alkyl halides is 1. The van der Waals surface area contributed by atoms with E-state index < -0.39 is 0 Å². The summed E-state index contributed by atoms with van der Waals surface area (Å²) >= 11 is 5.56. The lowest BCUT2D eigenvalue weighted by Crippen LogP contribution is -2.28. The lowest BCUT2D eigenvalue weighted by atomic mass is 10.2. The summed E-state index contributed by atoms with van der Waals surface area (Å²) in [6.45, 7) is 0. The van der Waals surface area contributed by atoms with E-state index in [1.54, 1.807) is 0 Å². The van der Waals surface area contributed by atoms with Gasteiger partial charge in [-0.05, 0) is 12.8 Å². The fourth-order valence-electron chi connectivity index (χ4n) is 1.33. The Labute approximate surface area is 66.1 Å². The minimum Gasteiger partial charge on any atom is -0.343 e. The highest BCUT2D eigenvalue weighted by atomic mass is 35.5. The molecule has 58 valence electrons. The molecule has 1 saturated heterocycles. The van der Waals surface area contributed by atoms with Gasteiger partial charge in [-0.1, -0.05) is 0 Å². The van der Waals surface area contributed by atoms with Gasteiger partial charge >= 0.3 is 0 Å². The van der Waals surface area contributed by atoms with E-state index in [2.05, 4.69) is 0 Å². The summed E-state index contributed by atoms with van der Waals surface area (Å²) in [5.41, 5.74) is 0. The predicted molar refractivity (Wildman–Crippen MR) is 41.1 cm³/mol. The molecular weight excluding hydrogens is 150 g/mol. The summed E-state index contributed by atoms with van der Waals surface area (Å²) < 4.78 is 0. The second-order valence-electron chi connectivity index (χ2n) is 2.67. The van der Waals surface area contributed by atoms with E-state index in [0.29, 0.717) is 18.3 Å². The zero-order chi connectivity index (χ0) is 7.56. The number of nitrogens with zero attached hydrogens (tertiary/aromatic N) is 1. The van der Waals surface area contributed by atoms with Crippen molar-refractivity contribution in [1.29, 1.82) is 0 Å². The SMILES string of the molecule is CN1C(=O)CCC1CCCl.